The van der Waals surface area contributed by atoms with Crippen molar-refractivity contribution in [2.45, 2.75) is 52.6 Å². The number of nitrogens with two attached hydrogens (primary N) is 1. The Bertz CT molecular complexity index is 364. The van der Waals surface area contributed by atoms with E-state index in [0.717, 1.165) is 12.2 Å². The van der Waals surface area contributed by atoms with Gasteiger partial charge in [-0.3, -0.25) is 0 Å². The third kappa shape index (κ3) is 4.04. The van der Waals surface area contributed by atoms with Gasteiger partial charge in [0.15, 0.2) is 0 Å². The predicted octanol–water partition coefficient (Wildman–Crippen LogP) is 3.27. The van der Waals surface area contributed by atoms with Gasteiger partial charge < -0.3 is 10.5 Å². The van der Waals surface area contributed by atoms with Crippen LogP contribution in [0.5, 0.6) is 5.75 Å². The van der Waals surface area contributed by atoms with E-state index < -0.39 is 0 Å². The molecule has 0 unspecified atom stereocenters. The van der Waals surface area contributed by atoms with Crippen LogP contribution in [0, 0.1) is 0 Å². The maximum atomic E-state index is 5.81. The third-order valence-electron chi connectivity index (χ3n) is 2.70. The lowest BCUT2D eigenvalue weighted by Crippen LogP contribution is -2.14. The van der Waals surface area contributed by atoms with Crippen LogP contribution in [0.3, 0.4) is 0 Å². The maximum Gasteiger partial charge on any atom is 0.122 e. The Morgan fingerprint density at radius 3 is 2.35 bits per heavy atom. The van der Waals surface area contributed by atoms with Gasteiger partial charge >= 0.3 is 0 Å². The minimum Gasteiger partial charge on any atom is -0.491 e. The van der Waals surface area contributed by atoms with Crippen molar-refractivity contribution < 1.29 is 4.74 Å². The first kappa shape index (κ1) is 14.0. The summed E-state index contributed by atoms with van der Waals surface area (Å²) in [6, 6.07) is 6.45. The SMILES string of the molecule is CC(C)Oc1ccc(C(C)(C)C)cc1CCN. The van der Waals surface area contributed by atoms with E-state index in [1.807, 2.05) is 13.8 Å². The highest BCUT2D eigenvalue weighted by atomic mass is 16.5. The van der Waals surface area contributed by atoms with Gasteiger partial charge in [0.2, 0.25) is 0 Å². The average Bonchev–Trinajstić information content (AvgIpc) is 2.18. The number of hydrogen-bond acceptors (Lipinski definition) is 2. The Hall–Kier alpha value is -1.02. The minimum atomic E-state index is 0.166. The summed E-state index contributed by atoms with van der Waals surface area (Å²) in [5.74, 6) is 0.971. The van der Waals surface area contributed by atoms with Crippen molar-refractivity contribution in [2.24, 2.45) is 5.73 Å². The van der Waals surface area contributed by atoms with E-state index in [0.29, 0.717) is 6.54 Å². The summed E-state index contributed by atoms with van der Waals surface area (Å²) < 4.78 is 5.81. The molecular weight excluding hydrogens is 210 g/mol. The third-order valence-corrected chi connectivity index (χ3v) is 2.70. The van der Waals surface area contributed by atoms with Gasteiger partial charge in [-0.05, 0) is 49.4 Å². The molecule has 2 N–H and O–H groups in total. The molecule has 2 nitrogen and oxygen atoms in total. The first-order chi connectivity index (χ1) is 7.84. The molecule has 1 rings (SSSR count). The van der Waals surface area contributed by atoms with Gasteiger partial charge in [0.25, 0.3) is 0 Å². The number of rotatable bonds is 4. The van der Waals surface area contributed by atoms with Gasteiger partial charge in [-0.1, -0.05) is 32.9 Å². The van der Waals surface area contributed by atoms with Crippen LogP contribution in [0.4, 0.5) is 0 Å². The van der Waals surface area contributed by atoms with Gasteiger partial charge in [0.1, 0.15) is 5.75 Å². The predicted molar refractivity (Wildman–Crippen MR) is 73.7 cm³/mol. The fraction of sp³-hybridized carbons (Fsp3) is 0.600. The molecule has 0 heterocycles. The molecule has 0 bridgehead atoms. The van der Waals surface area contributed by atoms with Gasteiger partial charge in [0, 0.05) is 0 Å². The molecule has 0 spiro atoms. The Morgan fingerprint density at radius 2 is 1.88 bits per heavy atom. The highest BCUT2D eigenvalue weighted by Crippen LogP contribution is 2.28. The number of hydrogen-bond donors (Lipinski definition) is 1. The highest BCUT2D eigenvalue weighted by Gasteiger charge is 2.16. The van der Waals surface area contributed by atoms with E-state index >= 15 is 0 Å². The molecule has 0 amide bonds. The fourth-order valence-electron chi connectivity index (χ4n) is 1.77. The molecule has 0 aromatic heterocycles. The van der Waals surface area contributed by atoms with E-state index in [1.165, 1.54) is 11.1 Å². The van der Waals surface area contributed by atoms with E-state index in [1.54, 1.807) is 0 Å². The molecule has 0 aliphatic carbocycles. The van der Waals surface area contributed by atoms with Crippen molar-refractivity contribution in [3.05, 3.63) is 29.3 Å². The zero-order valence-corrected chi connectivity index (χ0v) is 11.7. The molecule has 96 valence electrons. The lowest BCUT2D eigenvalue weighted by atomic mass is 9.85. The smallest absolute Gasteiger partial charge is 0.122 e. The van der Waals surface area contributed by atoms with E-state index in [4.69, 9.17) is 10.5 Å². The summed E-state index contributed by atoms with van der Waals surface area (Å²) in [5.41, 5.74) is 8.38. The molecule has 0 saturated carbocycles. The van der Waals surface area contributed by atoms with Crippen LogP contribution in [0.2, 0.25) is 0 Å². The van der Waals surface area contributed by atoms with E-state index in [2.05, 4.69) is 39.0 Å². The molecule has 0 aliphatic heterocycles. The zero-order valence-electron chi connectivity index (χ0n) is 11.7. The largest absolute Gasteiger partial charge is 0.491 e. The first-order valence-corrected chi connectivity index (χ1v) is 6.34. The Morgan fingerprint density at radius 1 is 1.24 bits per heavy atom. The van der Waals surface area contributed by atoms with Crippen LogP contribution >= 0.6 is 0 Å². The number of benzene rings is 1. The lowest BCUT2D eigenvalue weighted by molar-refractivity contribution is 0.240. The van der Waals surface area contributed by atoms with E-state index in [9.17, 15) is 0 Å². The quantitative estimate of drug-likeness (QED) is 0.869. The van der Waals surface area contributed by atoms with Gasteiger partial charge in [-0.2, -0.15) is 0 Å². The summed E-state index contributed by atoms with van der Waals surface area (Å²) in [5, 5.41) is 0. The summed E-state index contributed by atoms with van der Waals surface area (Å²) in [7, 11) is 0. The molecular formula is C15H25NO. The monoisotopic (exact) mass is 235 g/mol. The van der Waals surface area contributed by atoms with Crippen LogP contribution < -0.4 is 10.5 Å². The van der Waals surface area contributed by atoms with Crippen LogP contribution in [-0.4, -0.2) is 12.6 Å². The Labute approximate surface area is 105 Å². The van der Waals surface area contributed by atoms with Crippen LogP contribution in [0.15, 0.2) is 18.2 Å². The summed E-state index contributed by atoms with van der Waals surface area (Å²) >= 11 is 0. The van der Waals surface area contributed by atoms with Crippen molar-refractivity contribution in [1.82, 2.24) is 0 Å². The summed E-state index contributed by atoms with van der Waals surface area (Å²) in [4.78, 5) is 0. The maximum absolute atomic E-state index is 5.81. The van der Waals surface area contributed by atoms with Crippen LogP contribution in [-0.2, 0) is 11.8 Å². The van der Waals surface area contributed by atoms with Crippen molar-refractivity contribution in [3.63, 3.8) is 0 Å². The molecule has 1 aromatic carbocycles. The van der Waals surface area contributed by atoms with Gasteiger partial charge in [0.05, 0.1) is 6.10 Å². The topological polar surface area (TPSA) is 35.2 Å². The molecule has 0 atom stereocenters. The standard InChI is InChI=1S/C15H25NO/c1-11(2)17-14-7-6-13(15(3,4)5)10-12(14)8-9-16/h6-7,10-11H,8-9,16H2,1-5H3. The second-order valence-electron chi connectivity index (χ2n) is 5.78. The zero-order chi connectivity index (χ0) is 13.1. The van der Waals surface area contributed by atoms with Gasteiger partial charge in [-0.25, -0.2) is 0 Å². The van der Waals surface area contributed by atoms with Gasteiger partial charge in [-0.15, -0.1) is 0 Å². The van der Waals surface area contributed by atoms with E-state index in [-0.39, 0.29) is 11.5 Å². The number of ether oxygens (including phenoxy) is 1. The molecule has 0 saturated heterocycles. The molecule has 1 aromatic rings. The van der Waals surface area contributed by atoms with Crippen molar-refractivity contribution in [1.29, 1.82) is 0 Å². The van der Waals surface area contributed by atoms with Crippen molar-refractivity contribution >= 4 is 0 Å². The van der Waals surface area contributed by atoms with Crippen molar-refractivity contribution in [2.75, 3.05) is 6.54 Å². The molecule has 2 heteroatoms. The molecule has 0 aliphatic rings. The molecule has 0 radical (unpaired) electrons. The summed E-state index contributed by atoms with van der Waals surface area (Å²) in [6.07, 6.45) is 1.07. The second-order valence-corrected chi connectivity index (χ2v) is 5.78. The molecule has 17 heavy (non-hydrogen) atoms. The van der Waals surface area contributed by atoms with Crippen molar-refractivity contribution in [3.8, 4) is 5.75 Å². The average molecular weight is 235 g/mol. The van der Waals surface area contributed by atoms with Crippen LogP contribution in [0.1, 0.15) is 45.7 Å². The molecule has 0 fully saturated rings. The Balaban J connectivity index is 3.08. The summed E-state index contributed by atoms with van der Waals surface area (Å²) in [6.45, 7) is 11.4. The normalized spacial score (nSPS) is 11.9. The fourth-order valence-corrected chi connectivity index (χ4v) is 1.77. The lowest BCUT2D eigenvalue weighted by Gasteiger charge is -2.22. The van der Waals surface area contributed by atoms with Crippen LogP contribution in [0.25, 0.3) is 0 Å². The Kier molecular flexibility index (Phi) is 4.58. The second kappa shape index (κ2) is 5.54. The first-order valence-electron chi connectivity index (χ1n) is 6.34. The highest BCUT2D eigenvalue weighted by molar-refractivity contribution is 5.40. The minimum absolute atomic E-state index is 0.166.